The highest BCUT2D eigenvalue weighted by Crippen LogP contribution is 2.08. The summed E-state index contributed by atoms with van der Waals surface area (Å²) >= 11 is 0. The van der Waals surface area contributed by atoms with Crippen LogP contribution in [0.1, 0.15) is 64.7 Å². The zero-order chi connectivity index (χ0) is 16.5. The first-order valence-electron chi connectivity index (χ1n) is 8.38. The van der Waals surface area contributed by atoms with Gasteiger partial charge in [0.2, 0.25) is 0 Å². The number of carbonyl (C=O) groups excluding carboxylic acids is 1. The molecule has 0 spiro atoms. The SMILES string of the molecule is C/C=C/C(O)C/C=C\C/C=C\CCCCCCCC(=O)OC. The number of methoxy groups -OCH3 is 1. The molecular weight excluding hydrogens is 276 g/mol. The molecule has 126 valence electrons. The third-order valence-corrected chi connectivity index (χ3v) is 3.38. The smallest absolute Gasteiger partial charge is 0.305 e. The van der Waals surface area contributed by atoms with Gasteiger partial charge in [-0.25, -0.2) is 0 Å². The van der Waals surface area contributed by atoms with E-state index in [1.165, 1.54) is 26.4 Å². The quantitative estimate of drug-likeness (QED) is 0.304. The molecule has 0 saturated carbocycles. The zero-order valence-corrected chi connectivity index (χ0v) is 14.2. The largest absolute Gasteiger partial charge is 0.469 e. The molecule has 0 aromatic carbocycles. The Labute approximate surface area is 135 Å². The van der Waals surface area contributed by atoms with Gasteiger partial charge in [-0.15, -0.1) is 0 Å². The Morgan fingerprint density at radius 1 is 1.05 bits per heavy atom. The lowest BCUT2D eigenvalue weighted by molar-refractivity contribution is -0.140. The molecule has 22 heavy (non-hydrogen) atoms. The number of unbranched alkanes of at least 4 members (excludes halogenated alkanes) is 5. The van der Waals surface area contributed by atoms with Crippen LogP contribution < -0.4 is 0 Å². The maximum Gasteiger partial charge on any atom is 0.305 e. The third kappa shape index (κ3) is 15.0. The summed E-state index contributed by atoms with van der Waals surface area (Å²) in [6.45, 7) is 1.91. The van der Waals surface area contributed by atoms with E-state index in [2.05, 4.69) is 23.0 Å². The predicted octanol–water partition coefficient (Wildman–Crippen LogP) is 4.72. The molecule has 0 aromatic heterocycles. The van der Waals surface area contributed by atoms with E-state index in [9.17, 15) is 9.90 Å². The summed E-state index contributed by atoms with van der Waals surface area (Å²) in [7, 11) is 1.44. The number of aliphatic hydroxyl groups is 1. The van der Waals surface area contributed by atoms with Crippen LogP contribution in [0.5, 0.6) is 0 Å². The molecule has 0 bridgehead atoms. The number of aliphatic hydroxyl groups excluding tert-OH is 1. The van der Waals surface area contributed by atoms with Crippen molar-refractivity contribution in [1.82, 2.24) is 0 Å². The number of hydrogen-bond donors (Lipinski definition) is 1. The molecule has 0 aliphatic carbocycles. The standard InChI is InChI=1S/C19H32O3/c1-3-15-18(20)16-13-11-9-7-5-4-6-8-10-12-14-17-19(21)22-2/h3,5,7,11,13,15,18,20H,4,6,8-10,12,14,16-17H2,1-2H3/b7-5-,13-11-,15-3+. The van der Waals surface area contributed by atoms with E-state index in [1.807, 2.05) is 19.1 Å². The van der Waals surface area contributed by atoms with Crippen molar-refractivity contribution in [3.05, 3.63) is 36.5 Å². The van der Waals surface area contributed by atoms with E-state index in [-0.39, 0.29) is 12.1 Å². The van der Waals surface area contributed by atoms with Gasteiger partial charge in [-0.2, -0.15) is 0 Å². The summed E-state index contributed by atoms with van der Waals surface area (Å²) in [5, 5.41) is 9.47. The first-order chi connectivity index (χ1) is 10.7. The molecule has 1 N–H and O–H groups in total. The summed E-state index contributed by atoms with van der Waals surface area (Å²) < 4.78 is 4.60. The normalized spacial score (nSPS) is 13.4. The third-order valence-electron chi connectivity index (χ3n) is 3.38. The van der Waals surface area contributed by atoms with E-state index in [4.69, 9.17) is 0 Å². The maximum absolute atomic E-state index is 10.9. The first-order valence-corrected chi connectivity index (χ1v) is 8.38. The lowest BCUT2D eigenvalue weighted by Crippen LogP contribution is -1.99. The van der Waals surface area contributed by atoms with E-state index in [0.717, 1.165) is 25.7 Å². The van der Waals surface area contributed by atoms with Crippen LogP contribution in [0.15, 0.2) is 36.5 Å². The molecule has 0 heterocycles. The minimum Gasteiger partial charge on any atom is -0.469 e. The Balaban J connectivity index is 3.34. The second-order valence-electron chi connectivity index (χ2n) is 5.39. The molecule has 1 atom stereocenters. The van der Waals surface area contributed by atoms with Crippen LogP contribution in [0, 0.1) is 0 Å². The van der Waals surface area contributed by atoms with Crippen molar-refractivity contribution in [2.24, 2.45) is 0 Å². The van der Waals surface area contributed by atoms with Crippen molar-refractivity contribution in [2.45, 2.75) is 70.8 Å². The second-order valence-corrected chi connectivity index (χ2v) is 5.39. The summed E-state index contributed by atoms with van der Waals surface area (Å²) in [4.78, 5) is 10.9. The molecule has 1 unspecified atom stereocenters. The van der Waals surface area contributed by atoms with Crippen LogP contribution in [-0.4, -0.2) is 24.3 Å². The van der Waals surface area contributed by atoms with Gasteiger partial charge in [0.05, 0.1) is 13.2 Å². The summed E-state index contributed by atoms with van der Waals surface area (Å²) in [6, 6.07) is 0. The van der Waals surface area contributed by atoms with Crippen molar-refractivity contribution in [1.29, 1.82) is 0 Å². The van der Waals surface area contributed by atoms with Gasteiger partial charge in [-0.3, -0.25) is 4.79 Å². The molecule has 3 nitrogen and oxygen atoms in total. The molecular formula is C19H32O3. The minimum absolute atomic E-state index is 0.103. The highest BCUT2D eigenvalue weighted by Gasteiger charge is 1.98. The van der Waals surface area contributed by atoms with Crippen LogP contribution in [0.3, 0.4) is 0 Å². The molecule has 0 aliphatic rings. The molecule has 0 amide bonds. The van der Waals surface area contributed by atoms with Gasteiger partial charge in [-0.05, 0) is 39.0 Å². The number of ether oxygens (including phenoxy) is 1. The molecule has 0 aromatic rings. The monoisotopic (exact) mass is 308 g/mol. The Morgan fingerprint density at radius 2 is 1.73 bits per heavy atom. The van der Waals surface area contributed by atoms with Crippen LogP contribution in [-0.2, 0) is 9.53 Å². The topological polar surface area (TPSA) is 46.5 Å². The fraction of sp³-hybridized carbons (Fsp3) is 0.632. The lowest BCUT2D eigenvalue weighted by Gasteiger charge is -2.00. The Kier molecular flexibility index (Phi) is 15.0. The molecule has 0 rings (SSSR count). The van der Waals surface area contributed by atoms with Gasteiger partial charge in [-0.1, -0.05) is 55.7 Å². The van der Waals surface area contributed by atoms with Gasteiger partial charge in [0, 0.05) is 6.42 Å². The van der Waals surface area contributed by atoms with Gasteiger partial charge in [0.1, 0.15) is 0 Å². The van der Waals surface area contributed by atoms with Crippen LogP contribution in [0.2, 0.25) is 0 Å². The first kappa shape index (κ1) is 20.6. The average molecular weight is 308 g/mol. The molecule has 0 fully saturated rings. The van der Waals surface area contributed by atoms with Gasteiger partial charge in [0.15, 0.2) is 0 Å². The molecule has 0 radical (unpaired) electrons. The van der Waals surface area contributed by atoms with Crippen molar-refractivity contribution >= 4 is 5.97 Å². The molecule has 0 saturated heterocycles. The number of rotatable bonds is 13. The average Bonchev–Trinajstić information content (AvgIpc) is 2.51. The van der Waals surface area contributed by atoms with Gasteiger partial charge >= 0.3 is 5.97 Å². The summed E-state index contributed by atoms with van der Waals surface area (Å²) in [6.07, 6.45) is 20.8. The predicted molar refractivity (Wildman–Crippen MR) is 92.7 cm³/mol. The van der Waals surface area contributed by atoms with E-state index in [0.29, 0.717) is 12.8 Å². The number of allylic oxidation sites excluding steroid dienone is 4. The Hall–Kier alpha value is -1.35. The van der Waals surface area contributed by atoms with Gasteiger partial charge in [0.25, 0.3) is 0 Å². The minimum atomic E-state index is -0.357. The van der Waals surface area contributed by atoms with Crippen LogP contribution >= 0.6 is 0 Å². The van der Waals surface area contributed by atoms with E-state index in [1.54, 1.807) is 6.08 Å². The zero-order valence-electron chi connectivity index (χ0n) is 14.2. The van der Waals surface area contributed by atoms with Crippen molar-refractivity contribution < 1.29 is 14.6 Å². The summed E-state index contributed by atoms with van der Waals surface area (Å²) in [5.41, 5.74) is 0. The number of esters is 1. The van der Waals surface area contributed by atoms with Crippen molar-refractivity contribution in [2.75, 3.05) is 7.11 Å². The highest BCUT2D eigenvalue weighted by atomic mass is 16.5. The number of hydrogen-bond acceptors (Lipinski definition) is 3. The van der Waals surface area contributed by atoms with Gasteiger partial charge < -0.3 is 9.84 Å². The Morgan fingerprint density at radius 3 is 2.45 bits per heavy atom. The van der Waals surface area contributed by atoms with E-state index >= 15 is 0 Å². The fourth-order valence-electron chi connectivity index (χ4n) is 2.09. The number of carbonyl (C=O) groups is 1. The fourth-order valence-corrected chi connectivity index (χ4v) is 2.09. The highest BCUT2D eigenvalue weighted by molar-refractivity contribution is 5.68. The van der Waals surface area contributed by atoms with E-state index < -0.39 is 0 Å². The van der Waals surface area contributed by atoms with Crippen molar-refractivity contribution in [3.8, 4) is 0 Å². The molecule has 0 aliphatic heterocycles. The summed E-state index contributed by atoms with van der Waals surface area (Å²) in [5.74, 6) is -0.103. The molecule has 3 heteroatoms. The van der Waals surface area contributed by atoms with Crippen LogP contribution in [0.25, 0.3) is 0 Å². The van der Waals surface area contributed by atoms with Crippen LogP contribution in [0.4, 0.5) is 0 Å². The maximum atomic E-state index is 10.9. The second kappa shape index (κ2) is 16.0. The van der Waals surface area contributed by atoms with Crippen molar-refractivity contribution in [3.63, 3.8) is 0 Å². The Bertz CT molecular complexity index is 343. The lowest BCUT2D eigenvalue weighted by atomic mass is 10.1.